The van der Waals surface area contributed by atoms with Gasteiger partial charge in [-0.15, -0.1) is 11.6 Å². The van der Waals surface area contributed by atoms with Crippen LogP contribution >= 0.6 is 11.6 Å². The molecule has 3 nitrogen and oxygen atoms in total. The number of ether oxygens (including phenoxy) is 1. The van der Waals surface area contributed by atoms with Gasteiger partial charge in [-0.2, -0.15) is 0 Å². The second kappa shape index (κ2) is 7.53. The van der Waals surface area contributed by atoms with Crippen LogP contribution in [0.15, 0.2) is 18.2 Å². The SMILES string of the molecule is CCCCCCCn1c(CCl)nc2cc(OC)ccc21. The quantitative estimate of drug-likeness (QED) is 0.519. The molecule has 0 aliphatic carbocycles. The number of alkyl halides is 1. The van der Waals surface area contributed by atoms with Crippen LogP contribution in [0.4, 0.5) is 0 Å². The lowest BCUT2D eigenvalue weighted by Gasteiger charge is -2.08. The smallest absolute Gasteiger partial charge is 0.124 e. The van der Waals surface area contributed by atoms with Crippen molar-refractivity contribution >= 4 is 22.6 Å². The van der Waals surface area contributed by atoms with E-state index in [1.165, 1.54) is 32.1 Å². The van der Waals surface area contributed by atoms with Gasteiger partial charge in [0.2, 0.25) is 0 Å². The minimum atomic E-state index is 0.450. The highest BCUT2D eigenvalue weighted by molar-refractivity contribution is 6.16. The van der Waals surface area contributed by atoms with Crippen molar-refractivity contribution in [3.8, 4) is 5.75 Å². The van der Waals surface area contributed by atoms with Crippen molar-refractivity contribution in [2.75, 3.05) is 7.11 Å². The van der Waals surface area contributed by atoms with E-state index in [9.17, 15) is 0 Å². The largest absolute Gasteiger partial charge is 0.497 e. The molecule has 0 aliphatic rings. The van der Waals surface area contributed by atoms with Crippen molar-refractivity contribution in [2.45, 2.75) is 51.5 Å². The molecule has 1 aromatic heterocycles. The molecule has 0 saturated carbocycles. The molecule has 20 heavy (non-hydrogen) atoms. The number of nitrogens with zero attached hydrogens (tertiary/aromatic N) is 2. The van der Waals surface area contributed by atoms with Gasteiger partial charge in [0.1, 0.15) is 11.6 Å². The molecule has 0 atom stereocenters. The number of imidazole rings is 1. The fourth-order valence-electron chi connectivity index (χ4n) is 2.51. The lowest BCUT2D eigenvalue weighted by molar-refractivity contribution is 0.415. The first-order valence-corrected chi connectivity index (χ1v) is 7.92. The minimum absolute atomic E-state index is 0.450. The summed E-state index contributed by atoms with van der Waals surface area (Å²) in [6.07, 6.45) is 6.37. The van der Waals surface area contributed by atoms with E-state index < -0.39 is 0 Å². The average Bonchev–Trinajstić information content (AvgIpc) is 2.84. The Bertz CT molecular complexity index is 551. The summed E-state index contributed by atoms with van der Waals surface area (Å²) in [5, 5.41) is 0. The van der Waals surface area contributed by atoms with Crippen molar-refractivity contribution in [2.24, 2.45) is 0 Å². The van der Waals surface area contributed by atoms with Crippen LogP contribution in [-0.2, 0) is 12.4 Å². The number of fused-ring (bicyclic) bond motifs is 1. The monoisotopic (exact) mass is 294 g/mol. The van der Waals surface area contributed by atoms with Crippen LogP contribution in [0.3, 0.4) is 0 Å². The molecule has 0 aliphatic heterocycles. The fraction of sp³-hybridized carbons (Fsp3) is 0.562. The number of hydrogen-bond acceptors (Lipinski definition) is 2. The van der Waals surface area contributed by atoms with Crippen molar-refractivity contribution in [1.82, 2.24) is 9.55 Å². The normalized spacial score (nSPS) is 11.2. The number of unbranched alkanes of at least 4 members (excludes halogenated alkanes) is 4. The van der Waals surface area contributed by atoms with E-state index in [1.54, 1.807) is 7.11 Å². The third kappa shape index (κ3) is 3.45. The molecule has 0 radical (unpaired) electrons. The lowest BCUT2D eigenvalue weighted by atomic mass is 10.1. The summed E-state index contributed by atoms with van der Waals surface area (Å²) in [5.74, 6) is 2.24. The molecule has 0 N–H and O–H groups in total. The summed E-state index contributed by atoms with van der Waals surface area (Å²) in [4.78, 5) is 4.61. The van der Waals surface area contributed by atoms with Gasteiger partial charge < -0.3 is 9.30 Å². The number of halogens is 1. The number of rotatable bonds is 8. The molecule has 110 valence electrons. The zero-order valence-corrected chi connectivity index (χ0v) is 13.1. The molecule has 0 spiro atoms. The molecule has 0 unspecified atom stereocenters. The Labute approximate surface area is 125 Å². The van der Waals surface area contributed by atoms with Crippen molar-refractivity contribution in [3.05, 3.63) is 24.0 Å². The molecule has 1 heterocycles. The Morgan fingerprint density at radius 3 is 2.70 bits per heavy atom. The van der Waals surface area contributed by atoms with E-state index in [-0.39, 0.29) is 0 Å². The number of aromatic nitrogens is 2. The summed E-state index contributed by atoms with van der Waals surface area (Å²) in [7, 11) is 1.67. The van der Waals surface area contributed by atoms with Crippen LogP contribution < -0.4 is 4.74 Å². The first kappa shape index (κ1) is 15.2. The lowest BCUT2D eigenvalue weighted by Crippen LogP contribution is -2.02. The number of benzene rings is 1. The van der Waals surface area contributed by atoms with E-state index in [1.807, 2.05) is 12.1 Å². The van der Waals surface area contributed by atoms with Crippen LogP contribution in [0, 0.1) is 0 Å². The average molecular weight is 295 g/mol. The standard InChI is InChI=1S/C16H23ClN2O/c1-3-4-5-6-7-10-19-15-9-8-13(20-2)11-14(15)18-16(19)12-17/h8-9,11H,3-7,10,12H2,1-2H3. The summed E-state index contributed by atoms with van der Waals surface area (Å²) in [6.45, 7) is 3.23. The second-order valence-corrected chi connectivity index (χ2v) is 5.35. The van der Waals surface area contributed by atoms with Crippen LogP contribution in [0.5, 0.6) is 5.75 Å². The Hall–Kier alpha value is -1.22. The maximum atomic E-state index is 6.03. The predicted octanol–water partition coefficient (Wildman–Crippen LogP) is 4.75. The highest BCUT2D eigenvalue weighted by Crippen LogP contribution is 2.23. The van der Waals surface area contributed by atoms with Gasteiger partial charge in [-0.3, -0.25) is 0 Å². The molecular weight excluding hydrogens is 272 g/mol. The number of hydrogen-bond donors (Lipinski definition) is 0. The van der Waals surface area contributed by atoms with Gasteiger partial charge in [-0.25, -0.2) is 4.98 Å². The van der Waals surface area contributed by atoms with E-state index in [0.29, 0.717) is 5.88 Å². The minimum Gasteiger partial charge on any atom is -0.497 e. The van der Waals surface area contributed by atoms with Gasteiger partial charge >= 0.3 is 0 Å². The molecule has 2 aromatic rings. The number of aryl methyl sites for hydroxylation is 1. The molecule has 1 aromatic carbocycles. The molecule has 0 fully saturated rings. The Balaban J connectivity index is 2.13. The highest BCUT2D eigenvalue weighted by Gasteiger charge is 2.10. The first-order chi connectivity index (χ1) is 9.80. The molecule has 0 amide bonds. The maximum Gasteiger partial charge on any atom is 0.124 e. The van der Waals surface area contributed by atoms with E-state index >= 15 is 0 Å². The Morgan fingerprint density at radius 2 is 2.00 bits per heavy atom. The topological polar surface area (TPSA) is 27.1 Å². The van der Waals surface area contributed by atoms with Gasteiger partial charge in [0.15, 0.2) is 0 Å². The van der Waals surface area contributed by atoms with E-state index in [4.69, 9.17) is 16.3 Å². The summed E-state index contributed by atoms with van der Waals surface area (Å²) >= 11 is 6.03. The zero-order chi connectivity index (χ0) is 14.4. The summed E-state index contributed by atoms with van der Waals surface area (Å²) < 4.78 is 7.49. The van der Waals surface area contributed by atoms with E-state index in [2.05, 4.69) is 22.5 Å². The van der Waals surface area contributed by atoms with Crippen LogP contribution in [0.2, 0.25) is 0 Å². The number of methoxy groups -OCH3 is 1. The van der Waals surface area contributed by atoms with Crippen LogP contribution in [0.1, 0.15) is 44.9 Å². The Kier molecular flexibility index (Phi) is 5.72. The van der Waals surface area contributed by atoms with Crippen molar-refractivity contribution < 1.29 is 4.74 Å². The summed E-state index contributed by atoms with van der Waals surface area (Å²) in [6, 6.07) is 6.03. The molecule has 2 rings (SSSR count). The zero-order valence-electron chi connectivity index (χ0n) is 12.4. The maximum absolute atomic E-state index is 6.03. The molecule has 4 heteroatoms. The first-order valence-electron chi connectivity index (χ1n) is 7.39. The van der Waals surface area contributed by atoms with Gasteiger partial charge in [0.25, 0.3) is 0 Å². The highest BCUT2D eigenvalue weighted by atomic mass is 35.5. The second-order valence-electron chi connectivity index (χ2n) is 5.08. The molecule has 0 bridgehead atoms. The van der Waals surface area contributed by atoms with Crippen LogP contribution in [0.25, 0.3) is 11.0 Å². The van der Waals surface area contributed by atoms with Gasteiger partial charge in [0, 0.05) is 12.6 Å². The van der Waals surface area contributed by atoms with Crippen molar-refractivity contribution in [1.29, 1.82) is 0 Å². The Morgan fingerprint density at radius 1 is 1.20 bits per heavy atom. The van der Waals surface area contributed by atoms with Crippen LogP contribution in [-0.4, -0.2) is 16.7 Å². The molecule has 0 saturated heterocycles. The third-order valence-corrected chi connectivity index (χ3v) is 3.88. The third-order valence-electron chi connectivity index (χ3n) is 3.64. The fourth-order valence-corrected chi connectivity index (χ4v) is 2.72. The summed E-state index contributed by atoms with van der Waals surface area (Å²) in [5.41, 5.74) is 2.12. The van der Waals surface area contributed by atoms with E-state index in [0.717, 1.165) is 29.2 Å². The molecular formula is C16H23ClN2O. The van der Waals surface area contributed by atoms with Gasteiger partial charge in [-0.05, 0) is 18.6 Å². The van der Waals surface area contributed by atoms with Gasteiger partial charge in [0.05, 0.1) is 24.0 Å². The van der Waals surface area contributed by atoms with Gasteiger partial charge in [-0.1, -0.05) is 32.6 Å². The predicted molar refractivity (Wildman–Crippen MR) is 84.6 cm³/mol. The van der Waals surface area contributed by atoms with Crippen molar-refractivity contribution in [3.63, 3.8) is 0 Å².